The number of unbranched alkanes of at least 4 members (excludes halogenated alkanes) is 23. The second-order valence-corrected chi connectivity index (χ2v) is 22.0. The summed E-state index contributed by atoms with van der Waals surface area (Å²) in [7, 11) is 0. The predicted octanol–water partition coefficient (Wildman–Crippen LogP) is 23.7. The van der Waals surface area contributed by atoms with Crippen molar-refractivity contribution in [2.75, 3.05) is 13.2 Å². The first-order valence-corrected chi connectivity index (χ1v) is 34.0. The lowest BCUT2D eigenvalue weighted by Gasteiger charge is -2.18. The van der Waals surface area contributed by atoms with Gasteiger partial charge in [-0.2, -0.15) is 0 Å². The van der Waals surface area contributed by atoms with Gasteiger partial charge in [-0.1, -0.05) is 281 Å². The summed E-state index contributed by atoms with van der Waals surface area (Å²) in [4.78, 5) is 38.4. The molecule has 0 amide bonds. The molecule has 0 bridgehead atoms. The zero-order valence-electron chi connectivity index (χ0n) is 53.7. The Morgan fingerprint density at radius 1 is 0.253 bits per heavy atom. The lowest BCUT2D eigenvalue weighted by Crippen LogP contribution is -2.30. The summed E-state index contributed by atoms with van der Waals surface area (Å²) < 4.78 is 16.9. The summed E-state index contributed by atoms with van der Waals surface area (Å²) in [6, 6.07) is 0. The number of carbonyl (C=O) groups excluding carboxylic acids is 3. The molecule has 468 valence electrons. The van der Waals surface area contributed by atoms with Crippen LogP contribution in [-0.4, -0.2) is 37.2 Å². The van der Waals surface area contributed by atoms with Crippen LogP contribution in [0, 0.1) is 0 Å². The molecule has 0 aliphatic heterocycles. The average Bonchev–Trinajstić information content (AvgIpc) is 3.49. The number of hydrogen-bond donors (Lipinski definition) is 0. The van der Waals surface area contributed by atoms with Crippen LogP contribution in [0.25, 0.3) is 0 Å². The fraction of sp³-hybridized carbons (Fsp3) is 0.623. The molecule has 0 saturated carbocycles. The molecule has 0 aromatic rings. The van der Waals surface area contributed by atoms with E-state index in [4.69, 9.17) is 14.2 Å². The van der Waals surface area contributed by atoms with Gasteiger partial charge in [0.2, 0.25) is 0 Å². The van der Waals surface area contributed by atoms with Crippen molar-refractivity contribution in [3.8, 4) is 0 Å². The first kappa shape index (κ1) is 78.0. The molecule has 0 aliphatic carbocycles. The number of allylic oxidation sites excluding steroid dienone is 26. The minimum absolute atomic E-state index is 0.0992. The van der Waals surface area contributed by atoms with E-state index in [0.717, 1.165) is 167 Å². The van der Waals surface area contributed by atoms with Gasteiger partial charge in [-0.05, 0) is 148 Å². The highest BCUT2D eigenvalue weighted by molar-refractivity contribution is 5.71. The van der Waals surface area contributed by atoms with Crippen LogP contribution in [0.1, 0.15) is 290 Å². The summed E-state index contributed by atoms with van der Waals surface area (Å²) in [5.74, 6) is -0.940. The number of carbonyl (C=O) groups is 3. The van der Waals surface area contributed by atoms with Gasteiger partial charge >= 0.3 is 17.9 Å². The maximum Gasteiger partial charge on any atom is 0.306 e. The Balaban J connectivity index is 4.45. The van der Waals surface area contributed by atoms with Crippen LogP contribution < -0.4 is 0 Å². The van der Waals surface area contributed by atoms with Crippen molar-refractivity contribution in [2.45, 2.75) is 297 Å². The quantitative estimate of drug-likeness (QED) is 0.0261. The summed E-state index contributed by atoms with van der Waals surface area (Å²) in [5.41, 5.74) is 0. The highest BCUT2D eigenvalue weighted by Crippen LogP contribution is 2.15. The maximum absolute atomic E-state index is 12.9. The number of ether oxygens (including phenoxy) is 3. The van der Waals surface area contributed by atoms with Crippen LogP contribution in [-0.2, 0) is 28.6 Å². The molecule has 1 unspecified atom stereocenters. The van der Waals surface area contributed by atoms with Crippen molar-refractivity contribution < 1.29 is 28.6 Å². The van der Waals surface area contributed by atoms with E-state index in [1.165, 1.54) is 83.5 Å². The van der Waals surface area contributed by atoms with Crippen LogP contribution in [0.4, 0.5) is 0 Å². The molecule has 1 atom stereocenters. The van der Waals surface area contributed by atoms with Crippen molar-refractivity contribution in [1.82, 2.24) is 0 Å². The Hall–Kier alpha value is -4.97. The lowest BCUT2D eigenvalue weighted by molar-refractivity contribution is -0.167. The molecule has 0 aromatic heterocycles. The largest absolute Gasteiger partial charge is 0.462 e. The molecule has 83 heavy (non-hydrogen) atoms. The van der Waals surface area contributed by atoms with Gasteiger partial charge in [-0.3, -0.25) is 14.4 Å². The third-order valence-corrected chi connectivity index (χ3v) is 14.0. The molecule has 0 aliphatic rings. The highest BCUT2D eigenvalue weighted by atomic mass is 16.6. The Kier molecular flexibility index (Phi) is 65.4. The predicted molar refractivity (Wildman–Crippen MR) is 362 cm³/mol. The third kappa shape index (κ3) is 67.7. The third-order valence-electron chi connectivity index (χ3n) is 14.0. The molecule has 0 rings (SSSR count). The molecular formula is C77H124O6. The molecule has 0 N–H and O–H groups in total. The monoisotopic (exact) mass is 1140 g/mol. The fourth-order valence-corrected chi connectivity index (χ4v) is 8.97. The van der Waals surface area contributed by atoms with Gasteiger partial charge in [0.1, 0.15) is 13.2 Å². The van der Waals surface area contributed by atoms with E-state index in [-0.39, 0.29) is 31.1 Å². The molecule has 6 nitrogen and oxygen atoms in total. The van der Waals surface area contributed by atoms with E-state index in [1.54, 1.807) is 0 Å². The Morgan fingerprint density at radius 3 is 0.747 bits per heavy atom. The van der Waals surface area contributed by atoms with Crippen LogP contribution in [0.3, 0.4) is 0 Å². The van der Waals surface area contributed by atoms with Gasteiger partial charge < -0.3 is 14.2 Å². The van der Waals surface area contributed by atoms with Gasteiger partial charge in [-0.15, -0.1) is 0 Å². The Morgan fingerprint density at radius 2 is 0.470 bits per heavy atom. The Labute approximate surface area is 511 Å². The van der Waals surface area contributed by atoms with Crippen LogP contribution in [0.5, 0.6) is 0 Å². The zero-order valence-corrected chi connectivity index (χ0v) is 53.7. The highest BCUT2D eigenvalue weighted by Gasteiger charge is 2.19. The van der Waals surface area contributed by atoms with Crippen molar-refractivity contribution >= 4 is 17.9 Å². The number of rotatable bonds is 60. The normalized spacial score (nSPS) is 13.1. The van der Waals surface area contributed by atoms with E-state index < -0.39 is 6.10 Å². The van der Waals surface area contributed by atoms with E-state index in [1.807, 2.05) is 0 Å². The van der Waals surface area contributed by atoms with Crippen molar-refractivity contribution in [3.05, 3.63) is 158 Å². The van der Waals surface area contributed by atoms with Crippen molar-refractivity contribution in [1.29, 1.82) is 0 Å². The molecule has 6 heteroatoms. The van der Waals surface area contributed by atoms with E-state index >= 15 is 0 Å². The minimum atomic E-state index is -0.806. The SMILES string of the molecule is CC/C=C\C/C=C\C/C=C\C/C=C\C/C=C\C/C=C\C/C=C\C/C=C\CCCCCCC(=O)OCC(COC(=O)CCCCCCC/C=C\CCCCCCCC)OC(=O)CCCCCCCCCC/C=C\C/C=C\C/C=C\C/C=C\CC. The minimum Gasteiger partial charge on any atom is -0.462 e. The first-order valence-electron chi connectivity index (χ1n) is 34.0. The molecule has 0 radical (unpaired) electrons. The van der Waals surface area contributed by atoms with Crippen molar-refractivity contribution in [3.63, 3.8) is 0 Å². The fourth-order valence-electron chi connectivity index (χ4n) is 8.97. The van der Waals surface area contributed by atoms with Gasteiger partial charge in [-0.25, -0.2) is 0 Å². The van der Waals surface area contributed by atoms with Crippen LogP contribution >= 0.6 is 0 Å². The first-order chi connectivity index (χ1) is 41.0. The van der Waals surface area contributed by atoms with E-state index in [9.17, 15) is 14.4 Å². The summed E-state index contributed by atoms with van der Waals surface area (Å²) in [5, 5.41) is 0. The topological polar surface area (TPSA) is 78.9 Å². The summed E-state index contributed by atoms with van der Waals surface area (Å²) in [6.45, 7) is 6.38. The van der Waals surface area contributed by atoms with Gasteiger partial charge in [0, 0.05) is 19.3 Å². The van der Waals surface area contributed by atoms with Crippen LogP contribution in [0.2, 0.25) is 0 Å². The molecular weight excluding hydrogens is 1020 g/mol. The van der Waals surface area contributed by atoms with Gasteiger partial charge in [0.05, 0.1) is 0 Å². The smallest absolute Gasteiger partial charge is 0.306 e. The second-order valence-electron chi connectivity index (χ2n) is 22.0. The summed E-state index contributed by atoms with van der Waals surface area (Å²) >= 11 is 0. The maximum atomic E-state index is 12.9. The number of hydrogen-bond acceptors (Lipinski definition) is 6. The van der Waals surface area contributed by atoms with Gasteiger partial charge in [0.15, 0.2) is 6.10 Å². The standard InChI is InChI=1S/C77H124O6/c1-4-7-10-13-16-19-22-25-28-30-32-34-35-36-37-38-39-40-41-43-44-46-49-52-55-58-61-64-67-70-76(79)82-73-74(72-81-75(78)69-66-63-60-57-54-51-48-27-24-21-18-15-12-9-6-3)83-77(80)71-68-65-62-59-56-53-50-47-45-42-33-31-29-26-23-20-17-14-11-8-5-2/h7-8,10-11,16-17,19-20,25-29,32-34,36-37,39-40,42-44,48-49,52,74H,4-6,9,12-15,18,21-24,30-31,35,38,41,45-47,50-51,53-73H2,1-3H3/b10-7-,11-8-,19-16-,20-17-,28-25-,29-26-,34-32-,37-36-,40-39-,42-33-,44-43-,48-27-,52-49-. The number of esters is 3. The Bertz CT molecular complexity index is 1840. The molecule has 0 aromatic carbocycles. The average molecular weight is 1150 g/mol. The van der Waals surface area contributed by atoms with E-state index in [0.29, 0.717) is 19.3 Å². The summed E-state index contributed by atoms with van der Waals surface area (Å²) in [6.07, 6.45) is 101. The van der Waals surface area contributed by atoms with Gasteiger partial charge in [0.25, 0.3) is 0 Å². The van der Waals surface area contributed by atoms with Crippen molar-refractivity contribution in [2.24, 2.45) is 0 Å². The van der Waals surface area contributed by atoms with E-state index in [2.05, 4.69) is 179 Å². The van der Waals surface area contributed by atoms with Crippen LogP contribution in [0.15, 0.2) is 158 Å². The molecule has 0 fully saturated rings. The lowest BCUT2D eigenvalue weighted by atomic mass is 10.1. The molecule has 0 spiro atoms. The molecule has 0 saturated heterocycles. The zero-order chi connectivity index (χ0) is 59.9. The second kappa shape index (κ2) is 69.5. The molecule has 0 heterocycles.